The van der Waals surface area contributed by atoms with E-state index in [4.69, 9.17) is 5.11 Å². The number of amides is 1. The van der Waals surface area contributed by atoms with Gasteiger partial charge in [0.05, 0.1) is 5.56 Å². The van der Waals surface area contributed by atoms with Crippen LogP contribution >= 0.6 is 0 Å². The fraction of sp³-hybridized carbons (Fsp3) is 0.429. The van der Waals surface area contributed by atoms with Crippen molar-refractivity contribution in [2.24, 2.45) is 5.92 Å². The Morgan fingerprint density at radius 2 is 1.94 bits per heavy atom. The number of rotatable bonds is 6. The lowest BCUT2D eigenvalue weighted by molar-refractivity contribution is -0.121. The van der Waals surface area contributed by atoms with Crippen LogP contribution < -0.4 is 5.32 Å². The molecule has 4 heteroatoms. The molecule has 0 saturated heterocycles. The van der Waals surface area contributed by atoms with Crippen LogP contribution in [0.5, 0.6) is 0 Å². The second-order valence-corrected chi connectivity index (χ2v) is 4.66. The predicted molar refractivity (Wildman–Crippen MR) is 69.6 cm³/mol. The molecule has 0 saturated carbocycles. The van der Waals surface area contributed by atoms with Crippen LogP contribution in [0.1, 0.15) is 36.2 Å². The minimum atomic E-state index is -0.951. The highest BCUT2D eigenvalue weighted by Gasteiger charge is 2.10. The lowest BCUT2D eigenvalue weighted by Crippen LogP contribution is -2.27. The maximum atomic E-state index is 11.5. The maximum absolute atomic E-state index is 11.5. The molecule has 0 heterocycles. The van der Waals surface area contributed by atoms with E-state index in [1.54, 1.807) is 24.3 Å². The van der Waals surface area contributed by atoms with Crippen molar-refractivity contribution in [1.29, 1.82) is 0 Å². The second kappa shape index (κ2) is 6.79. The summed E-state index contributed by atoms with van der Waals surface area (Å²) in [6.07, 6.45) is 0.767. The SMILES string of the molecule is CC(C)CNC(=O)CCc1ccccc1C(=O)O. The van der Waals surface area contributed by atoms with E-state index in [0.717, 1.165) is 0 Å². The molecular weight excluding hydrogens is 230 g/mol. The van der Waals surface area contributed by atoms with Crippen molar-refractivity contribution in [2.75, 3.05) is 6.54 Å². The average molecular weight is 249 g/mol. The molecule has 0 unspecified atom stereocenters. The molecular formula is C14H19NO3. The van der Waals surface area contributed by atoms with Gasteiger partial charge in [-0.2, -0.15) is 0 Å². The monoisotopic (exact) mass is 249 g/mol. The summed E-state index contributed by atoms with van der Waals surface area (Å²) in [5.41, 5.74) is 0.971. The van der Waals surface area contributed by atoms with Crippen molar-refractivity contribution < 1.29 is 14.7 Å². The minimum Gasteiger partial charge on any atom is -0.478 e. The summed E-state index contributed by atoms with van der Waals surface area (Å²) in [5, 5.41) is 11.8. The minimum absolute atomic E-state index is 0.0381. The number of carboxylic acids is 1. The number of nitrogens with one attached hydrogen (secondary N) is 1. The van der Waals surface area contributed by atoms with E-state index >= 15 is 0 Å². The average Bonchev–Trinajstić information content (AvgIpc) is 2.34. The largest absolute Gasteiger partial charge is 0.478 e. The van der Waals surface area contributed by atoms with Crippen molar-refractivity contribution in [3.05, 3.63) is 35.4 Å². The second-order valence-electron chi connectivity index (χ2n) is 4.66. The molecule has 1 aromatic rings. The molecule has 0 aliphatic carbocycles. The number of aromatic carboxylic acids is 1. The normalized spacial score (nSPS) is 10.4. The molecule has 0 spiro atoms. The molecule has 0 fully saturated rings. The zero-order valence-electron chi connectivity index (χ0n) is 10.8. The molecule has 0 radical (unpaired) electrons. The van der Waals surface area contributed by atoms with Crippen LogP contribution in [0, 0.1) is 5.92 Å². The highest BCUT2D eigenvalue weighted by Crippen LogP contribution is 2.11. The van der Waals surface area contributed by atoms with Crippen LogP contribution in [-0.2, 0) is 11.2 Å². The van der Waals surface area contributed by atoms with Gasteiger partial charge in [-0.1, -0.05) is 32.0 Å². The number of carbonyl (C=O) groups is 2. The number of benzene rings is 1. The Morgan fingerprint density at radius 3 is 2.56 bits per heavy atom. The van der Waals surface area contributed by atoms with Gasteiger partial charge in [0.25, 0.3) is 0 Å². The molecule has 2 N–H and O–H groups in total. The van der Waals surface area contributed by atoms with Gasteiger partial charge < -0.3 is 10.4 Å². The molecule has 0 aliphatic heterocycles. The Labute approximate surface area is 107 Å². The first-order valence-electron chi connectivity index (χ1n) is 6.08. The third-order valence-electron chi connectivity index (χ3n) is 2.58. The number of hydrogen-bond acceptors (Lipinski definition) is 2. The highest BCUT2D eigenvalue weighted by atomic mass is 16.4. The molecule has 4 nitrogen and oxygen atoms in total. The van der Waals surface area contributed by atoms with Crippen LogP contribution in [-0.4, -0.2) is 23.5 Å². The predicted octanol–water partition coefficient (Wildman–Crippen LogP) is 2.09. The Balaban J connectivity index is 2.53. The molecule has 98 valence electrons. The molecule has 1 aromatic carbocycles. The molecule has 0 bridgehead atoms. The fourth-order valence-electron chi connectivity index (χ4n) is 1.60. The summed E-state index contributed by atoms with van der Waals surface area (Å²) in [6.45, 7) is 4.71. The molecule has 1 amide bonds. The topological polar surface area (TPSA) is 66.4 Å². The maximum Gasteiger partial charge on any atom is 0.335 e. The fourth-order valence-corrected chi connectivity index (χ4v) is 1.60. The number of carboxylic acid groups (broad SMARTS) is 1. The Kier molecular flexibility index (Phi) is 5.36. The lowest BCUT2D eigenvalue weighted by atomic mass is 10.0. The van der Waals surface area contributed by atoms with Crippen LogP contribution in [0.25, 0.3) is 0 Å². The van der Waals surface area contributed by atoms with E-state index in [2.05, 4.69) is 5.32 Å². The van der Waals surface area contributed by atoms with Crippen LogP contribution in [0.4, 0.5) is 0 Å². The number of carbonyl (C=O) groups excluding carboxylic acids is 1. The van der Waals surface area contributed by atoms with Gasteiger partial charge >= 0.3 is 5.97 Å². The van der Waals surface area contributed by atoms with E-state index in [-0.39, 0.29) is 11.5 Å². The van der Waals surface area contributed by atoms with Gasteiger partial charge in [-0.15, -0.1) is 0 Å². The number of aryl methyl sites for hydroxylation is 1. The van der Waals surface area contributed by atoms with Crippen molar-refractivity contribution in [2.45, 2.75) is 26.7 Å². The summed E-state index contributed by atoms with van der Waals surface area (Å²) in [7, 11) is 0. The van der Waals surface area contributed by atoms with Gasteiger partial charge in [-0.05, 0) is 24.0 Å². The first-order valence-corrected chi connectivity index (χ1v) is 6.08. The molecule has 18 heavy (non-hydrogen) atoms. The smallest absolute Gasteiger partial charge is 0.335 e. The standard InChI is InChI=1S/C14H19NO3/c1-10(2)9-15-13(16)8-7-11-5-3-4-6-12(11)14(17)18/h3-6,10H,7-9H2,1-2H3,(H,15,16)(H,17,18). The highest BCUT2D eigenvalue weighted by molar-refractivity contribution is 5.89. The summed E-state index contributed by atoms with van der Waals surface area (Å²) in [4.78, 5) is 22.5. The van der Waals surface area contributed by atoms with Crippen molar-refractivity contribution in [3.8, 4) is 0 Å². The zero-order chi connectivity index (χ0) is 13.5. The molecule has 0 atom stereocenters. The first-order chi connectivity index (χ1) is 8.50. The third-order valence-corrected chi connectivity index (χ3v) is 2.58. The molecule has 0 aromatic heterocycles. The first kappa shape index (κ1) is 14.2. The van der Waals surface area contributed by atoms with Gasteiger partial charge in [0, 0.05) is 13.0 Å². The van der Waals surface area contributed by atoms with Crippen LogP contribution in [0.15, 0.2) is 24.3 Å². The van der Waals surface area contributed by atoms with Crippen molar-refractivity contribution in [1.82, 2.24) is 5.32 Å². The van der Waals surface area contributed by atoms with E-state index in [1.165, 1.54) is 0 Å². The summed E-state index contributed by atoms with van der Waals surface area (Å²) in [6, 6.07) is 6.78. The quantitative estimate of drug-likeness (QED) is 0.811. The lowest BCUT2D eigenvalue weighted by Gasteiger charge is -2.08. The van der Waals surface area contributed by atoms with E-state index in [0.29, 0.717) is 30.9 Å². The van der Waals surface area contributed by atoms with Gasteiger partial charge in [0.1, 0.15) is 0 Å². The van der Waals surface area contributed by atoms with Gasteiger partial charge in [0.15, 0.2) is 0 Å². The van der Waals surface area contributed by atoms with E-state index in [1.807, 2.05) is 13.8 Å². The number of hydrogen-bond donors (Lipinski definition) is 2. The molecule has 0 aliphatic rings. The van der Waals surface area contributed by atoms with Crippen LogP contribution in [0.3, 0.4) is 0 Å². The Hall–Kier alpha value is -1.84. The summed E-state index contributed by atoms with van der Waals surface area (Å²) in [5.74, 6) is -0.572. The van der Waals surface area contributed by atoms with Crippen LogP contribution in [0.2, 0.25) is 0 Å². The Morgan fingerprint density at radius 1 is 1.28 bits per heavy atom. The van der Waals surface area contributed by atoms with E-state index in [9.17, 15) is 9.59 Å². The van der Waals surface area contributed by atoms with Gasteiger partial charge in [-0.25, -0.2) is 4.79 Å². The summed E-state index contributed by atoms with van der Waals surface area (Å²) >= 11 is 0. The van der Waals surface area contributed by atoms with Crippen molar-refractivity contribution in [3.63, 3.8) is 0 Å². The van der Waals surface area contributed by atoms with Crippen molar-refractivity contribution >= 4 is 11.9 Å². The van der Waals surface area contributed by atoms with E-state index < -0.39 is 5.97 Å². The summed E-state index contributed by atoms with van der Waals surface area (Å²) < 4.78 is 0. The zero-order valence-corrected chi connectivity index (χ0v) is 10.8. The van der Waals surface area contributed by atoms with Gasteiger partial charge in [-0.3, -0.25) is 4.79 Å². The third kappa shape index (κ3) is 4.57. The van der Waals surface area contributed by atoms with Gasteiger partial charge in [0.2, 0.25) is 5.91 Å². The molecule has 1 rings (SSSR count). The Bertz CT molecular complexity index is 427.